The zero-order chi connectivity index (χ0) is 20.5. The Morgan fingerprint density at radius 2 is 1.52 bits per heavy atom. The zero-order valence-corrected chi connectivity index (χ0v) is 16.6. The van der Waals surface area contributed by atoms with Gasteiger partial charge < -0.3 is 9.47 Å². The summed E-state index contributed by atoms with van der Waals surface area (Å²) in [4.78, 5) is 12.2. The molecular weight excluding hydrogens is 364 g/mol. The lowest BCUT2D eigenvalue weighted by molar-refractivity contribution is 0.0955. The Morgan fingerprint density at radius 3 is 2.17 bits per heavy atom. The molecule has 0 aliphatic carbocycles. The molecule has 0 atom stereocenters. The van der Waals surface area contributed by atoms with Gasteiger partial charge in [0.25, 0.3) is 5.91 Å². The Labute approximate surface area is 171 Å². The van der Waals surface area contributed by atoms with Crippen molar-refractivity contribution in [3.8, 4) is 11.5 Å². The number of rotatable bonds is 8. The SMILES string of the molecule is CCOc1ccc(/C=N\NC(=O)c2ccc(OCc3ccc(C)cc3)cc2)cc1. The monoisotopic (exact) mass is 388 g/mol. The molecule has 3 aromatic rings. The van der Waals surface area contributed by atoms with Crippen molar-refractivity contribution in [2.45, 2.75) is 20.5 Å². The second-order valence-corrected chi connectivity index (χ2v) is 6.50. The minimum Gasteiger partial charge on any atom is -0.494 e. The summed E-state index contributed by atoms with van der Waals surface area (Å²) < 4.78 is 11.2. The predicted molar refractivity (Wildman–Crippen MR) is 115 cm³/mol. The van der Waals surface area contributed by atoms with E-state index in [0.717, 1.165) is 16.9 Å². The molecule has 0 aromatic heterocycles. The first-order chi connectivity index (χ1) is 14.1. The van der Waals surface area contributed by atoms with Crippen molar-refractivity contribution in [3.63, 3.8) is 0 Å². The van der Waals surface area contributed by atoms with Crippen molar-refractivity contribution in [1.82, 2.24) is 5.43 Å². The van der Waals surface area contributed by atoms with E-state index in [4.69, 9.17) is 9.47 Å². The van der Waals surface area contributed by atoms with Gasteiger partial charge in [0, 0.05) is 5.56 Å². The largest absolute Gasteiger partial charge is 0.494 e. The van der Waals surface area contributed by atoms with E-state index in [2.05, 4.69) is 29.6 Å². The molecular formula is C24H24N2O3. The van der Waals surface area contributed by atoms with Gasteiger partial charge in [0.05, 0.1) is 12.8 Å². The highest BCUT2D eigenvalue weighted by molar-refractivity contribution is 5.95. The molecule has 0 saturated heterocycles. The Morgan fingerprint density at radius 1 is 0.897 bits per heavy atom. The normalized spacial score (nSPS) is 10.7. The molecule has 0 radical (unpaired) electrons. The van der Waals surface area contributed by atoms with Crippen molar-refractivity contribution in [2.24, 2.45) is 5.10 Å². The third-order valence-corrected chi connectivity index (χ3v) is 4.21. The van der Waals surface area contributed by atoms with Crippen LogP contribution in [-0.4, -0.2) is 18.7 Å². The molecule has 1 amide bonds. The van der Waals surface area contributed by atoms with Gasteiger partial charge >= 0.3 is 0 Å². The van der Waals surface area contributed by atoms with Crippen LogP contribution in [0.1, 0.15) is 34.0 Å². The number of hydrazone groups is 1. The molecule has 5 nitrogen and oxygen atoms in total. The number of aryl methyl sites for hydroxylation is 1. The summed E-state index contributed by atoms with van der Waals surface area (Å²) in [7, 11) is 0. The van der Waals surface area contributed by atoms with Crippen LogP contribution in [0.2, 0.25) is 0 Å². The molecule has 5 heteroatoms. The van der Waals surface area contributed by atoms with E-state index in [1.807, 2.05) is 43.3 Å². The van der Waals surface area contributed by atoms with Gasteiger partial charge in [-0.3, -0.25) is 4.79 Å². The van der Waals surface area contributed by atoms with E-state index in [1.165, 1.54) is 5.56 Å². The van der Waals surface area contributed by atoms with Gasteiger partial charge in [-0.1, -0.05) is 29.8 Å². The minimum atomic E-state index is -0.280. The van der Waals surface area contributed by atoms with E-state index in [1.54, 1.807) is 30.5 Å². The fraction of sp³-hybridized carbons (Fsp3) is 0.167. The van der Waals surface area contributed by atoms with Gasteiger partial charge in [0.2, 0.25) is 0 Å². The summed E-state index contributed by atoms with van der Waals surface area (Å²) in [6, 6.07) is 22.7. The number of ether oxygens (including phenoxy) is 2. The van der Waals surface area contributed by atoms with E-state index in [-0.39, 0.29) is 5.91 Å². The second kappa shape index (κ2) is 10.1. The lowest BCUT2D eigenvalue weighted by Gasteiger charge is -2.07. The molecule has 0 fully saturated rings. The summed E-state index contributed by atoms with van der Waals surface area (Å²) in [6.45, 7) is 5.10. The maximum atomic E-state index is 12.2. The molecule has 29 heavy (non-hydrogen) atoms. The van der Waals surface area contributed by atoms with Crippen LogP contribution < -0.4 is 14.9 Å². The van der Waals surface area contributed by atoms with E-state index >= 15 is 0 Å². The Hall–Kier alpha value is -3.60. The van der Waals surface area contributed by atoms with Crippen LogP contribution in [0.15, 0.2) is 77.9 Å². The smallest absolute Gasteiger partial charge is 0.271 e. The van der Waals surface area contributed by atoms with Gasteiger partial charge in [0.1, 0.15) is 18.1 Å². The minimum absolute atomic E-state index is 0.280. The summed E-state index contributed by atoms with van der Waals surface area (Å²) in [5, 5.41) is 4.00. The fourth-order valence-corrected chi connectivity index (χ4v) is 2.60. The van der Waals surface area contributed by atoms with Crippen molar-refractivity contribution in [1.29, 1.82) is 0 Å². The average molecular weight is 388 g/mol. The quantitative estimate of drug-likeness (QED) is 0.448. The summed E-state index contributed by atoms with van der Waals surface area (Å²) in [5.41, 5.74) is 6.22. The first-order valence-electron chi connectivity index (χ1n) is 9.48. The standard InChI is InChI=1S/C24H24N2O3/c1-3-28-22-12-8-19(9-13-22)16-25-26-24(27)21-10-14-23(15-11-21)29-17-20-6-4-18(2)5-7-20/h4-16H,3,17H2,1-2H3,(H,26,27)/b25-16-. The maximum Gasteiger partial charge on any atom is 0.271 e. The fourth-order valence-electron chi connectivity index (χ4n) is 2.60. The lowest BCUT2D eigenvalue weighted by atomic mass is 10.2. The van der Waals surface area contributed by atoms with Gasteiger partial charge in [-0.15, -0.1) is 0 Å². The third-order valence-electron chi connectivity index (χ3n) is 4.21. The first-order valence-corrected chi connectivity index (χ1v) is 9.48. The summed E-state index contributed by atoms with van der Waals surface area (Å²) in [6.07, 6.45) is 1.59. The molecule has 0 saturated carbocycles. The van der Waals surface area contributed by atoms with Crippen LogP contribution in [0.3, 0.4) is 0 Å². The zero-order valence-electron chi connectivity index (χ0n) is 16.6. The Balaban J connectivity index is 1.49. The highest BCUT2D eigenvalue weighted by Crippen LogP contribution is 2.15. The predicted octanol–water partition coefficient (Wildman–Crippen LogP) is 4.74. The van der Waals surface area contributed by atoms with Gasteiger partial charge in [-0.2, -0.15) is 5.10 Å². The lowest BCUT2D eigenvalue weighted by Crippen LogP contribution is -2.17. The molecule has 0 heterocycles. The van der Waals surface area contributed by atoms with Crippen LogP contribution >= 0.6 is 0 Å². The van der Waals surface area contributed by atoms with Crippen molar-refractivity contribution in [2.75, 3.05) is 6.61 Å². The molecule has 0 aliphatic rings. The average Bonchev–Trinajstić information content (AvgIpc) is 2.75. The topological polar surface area (TPSA) is 59.9 Å². The van der Waals surface area contributed by atoms with E-state index in [9.17, 15) is 4.79 Å². The number of carbonyl (C=O) groups excluding carboxylic acids is 1. The van der Waals surface area contributed by atoms with Crippen LogP contribution in [0.5, 0.6) is 11.5 Å². The number of nitrogens with one attached hydrogen (secondary N) is 1. The molecule has 0 unspecified atom stereocenters. The van der Waals surface area contributed by atoms with E-state index in [0.29, 0.717) is 24.5 Å². The van der Waals surface area contributed by atoms with Crippen molar-refractivity contribution < 1.29 is 14.3 Å². The number of nitrogens with zero attached hydrogens (tertiary/aromatic N) is 1. The third kappa shape index (κ3) is 6.21. The highest BCUT2D eigenvalue weighted by atomic mass is 16.5. The van der Waals surface area contributed by atoms with Gasteiger partial charge in [-0.05, 0) is 73.5 Å². The number of hydrogen-bond donors (Lipinski definition) is 1. The van der Waals surface area contributed by atoms with E-state index < -0.39 is 0 Å². The summed E-state index contributed by atoms with van der Waals surface area (Å²) >= 11 is 0. The van der Waals surface area contributed by atoms with Gasteiger partial charge in [-0.25, -0.2) is 5.43 Å². The number of amides is 1. The Bertz CT molecular complexity index is 947. The molecule has 0 aliphatic heterocycles. The van der Waals surface area contributed by atoms with Crippen molar-refractivity contribution >= 4 is 12.1 Å². The van der Waals surface area contributed by atoms with Gasteiger partial charge in [0.15, 0.2) is 0 Å². The second-order valence-electron chi connectivity index (χ2n) is 6.50. The van der Waals surface area contributed by atoms with Crippen LogP contribution in [0, 0.1) is 6.92 Å². The van der Waals surface area contributed by atoms with Crippen LogP contribution in [0.4, 0.5) is 0 Å². The Kier molecular flexibility index (Phi) is 7.00. The molecule has 0 bridgehead atoms. The molecule has 1 N–H and O–H groups in total. The molecule has 3 aromatic carbocycles. The number of hydrogen-bond acceptors (Lipinski definition) is 4. The molecule has 148 valence electrons. The van der Waals surface area contributed by atoms with Crippen LogP contribution in [0.25, 0.3) is 0 Å². The number of benzene rings is 3. The number of carbonyl (C=O) groups is 1. The molecule has 3 rings (SSSR count). The highest BCUT2D eigenvalue weighted by Gasteiger charge is 2.04. The van der Waals surface area contributed by atoms with Crippen molar-refractivity contribution in [3.05, 3.63) is 95.1 Å². The summed E-state index contributed by atoms with van der Waals surface area (Å²) in [5.74, 6) is 1.23. The maximum absolute atomic E-state index is 12.2. The first kappa shape index (κ1) is 20.1. The molecule has 0 spiro atoms. The van der Waals surface area contributed by atoms with Crippen LogP contribution in [-0.2, 0) is 6.61 Å².